The zero-order chi connectivity index (χ0) is 36.0. The third-order valence-corrected chi connectivity index (χ3v) is 10.6. The molecule has 6 aromatic rings. The van der Waals surface area contributed by atoms with Gasteiger partial charge in [-0.1, -0.05) is 97.1 Å². The molecule has 0 saturated carbocycles. The molecule has 50 heavy (non-hydrogen) atoms. The van der Waals surface area contributed by atoms with E-state index in [1.54, 1.807) is 0 Å². The second kappa shape index (κ2) is 13.4. The van der Waals surface area contributed by atoms with Crippen molar-refractivity contribution < 1.29 is 0 Å². The van der Waals surface area contributed by atoms with E-state index in [0.29, 0.717) is 0 Å². The summed E-state index contributed by atoms with van der Waals surface area (Å²) >= 11 is 0. The van der Waals surface area contributed by atoms with E-state index in [-0.39, 0.29) is 11.8 Å². The van der Waals surface area contributed by atoms with Crippen LogP contribution in [-0.2, 0) is 0 Å². The number of rotatable bonds is 7. The minimum absolute atomic E-state index is 0.0434. The van der Waals surface area contributed by atoms with Gasteiger partial charge in [0.1, 0.15) is 0 Å². The molecule has 0 aromatic heterocycles. The van der Waals surface area contributed by atoms with E-state index in [1.165, 1.54) is 44.5 Å². The van der Waals surface area contributed by atoms with Crippen molar-refractivity contribution in [2.75, 3.05) is 22.9 Å². The number of nitrogens with two attached hydrogens (primary N) is 4. The van der Waals surface area contributed by atoms with Gasteiger partial charge in [0.05, 0.1) is 0 Å². The standard InChI is InChI=1S/C46H50N4/c1-25-17-37(18-26(2)43(25)47)41(38-19-27(3)44(48)28(4)20-38)35-13-9-33(10-14-35)34-11-15-36(16-12-34)42(39-21-29(5)45(49)30(6)22-39)40-23-31(7)46(50)32(8)24-40/h9-24,41-42H,47-50H2,1-8H3. The van der Waals surface area contributed by atoms with E-state index in [4.69, 9.17) is 22.9 Å². The molecule has 0 aliphatic heterocycles. The molecule has 8 N–H and O–H groups in total. The van der Waals surface area contributed by atoms with Crippen molar-refractivity contribution in [3.8, 4) is 11.1 Å². The first-order chi connectivity index (χ1) is 23.7. The summed E-state index contributed by atoms with van der Waals surface area (Å²) in [5, 5.41) is 0. The van der Waals surface area contributed by atoms with Gasteiger partial charge in [0.2, 0.25) is 0 Å². The molecular weight excluding hydrogens is 609 g/mol. The molecule has 0 aliphatic carbocycles. The highest BCUT2D eigenvalue weighted by Crippen LogP contribution is 2.40. The minimum atomic E-state index is 0.0434. The lowest BCUT2D eigenvalue weighted by Crippen LogP contribution is -2.08. The Hall–Kier alpha value is -5.48. The van der Waals surface area contributed by atoms with Gasteiger partial charge in [-0.2, -0.15) is 0 Å². The topological polar surface area (TPSA) is 104 Å². The molecular formula is C46H50N4. The van der Waals surface area contributed by atoms with Crippen molar-refractivity contribution in [3.05, 3.63) is 175 Å². The highest BCUT2D eigenvalue weighted by Gasteiger charge is 2.22. The van der Waals surface area contributed by atoms with E-state index in [9.17, 15) is 0 Å². The number of hydrogen-bond donors (Lipinski definition) is 4. The minimum Gasteiger partial charge on any atom is -0.398 e. The summed E-state index contributed by atoms with van der Waals surface area (Å²) in [6.07, 6.45) is 0. The van der Waals surface area contributed by atoms with Crippen molar-refractivity contribution in [1.82, 2.24) is 0 Å². The molecule has 0 heterocycles. The molecule has 0 bridgehead atoms. The summed E-state index contributed by atoms with van der Waals surface area (Å²) in [5.41, 5.74) is 47.4. The molecule has 6 rings (SSSR count). The molecule has 0 saturated heterocycles. The van der Waals surface area contributed by atoms with E-state index in [2.05, 4.69) is 152 Å². The van der Waals surface area contributed by atoms with Crippen LogP contribution in [0.15, 0.2) is 97.1 Å². The summed E-state index contributed by atoms with van der Waals surface area (Å²) in [6, 6.07) is 35.8. The molecule has 4 heteroatoms. The van der Waals surface area contributed by atoms with E-state index < -0.39 is 0 Å². The molecule has 0 unspecified atom stereocenters. The Kier molecular flexibility index (Phi) is 9.24. The summed E-state index contributed by atoms with van der Waals surface area (Å²) in [6.45, 7) is 16.7. The van der Waals surface area contributed by atoms with Crippen molar-refractivity contribution in [2.24, 2.45) is 0 Å². The molecule has 4 nitrogen and oxygen atoms in total. The SMILES string of the molecule is Cc1cc(C(c2ccc(-c3ccc(C(c4cc(C)c(N)c(C)c4)c4cc(C)c(N)c(C)c4)cc3)cc2)c2cc(C)c(N)c(C)c2)cc(C)c1N. The largest absolute Gasteiger partial charge is 0.398 e. The van der Waals surface area contributed by atoms with Gasteiger partial charge in [0, 0.05) is 34.6 Å². The van der Waals surface area contributed by atoms with Gasteiger partial charge in [-0.15, -0.1) is 0 Å². The monoisotopic (exact) mass is 658 g/mol. The molecule has 0 fully saturated rings. The Bertz CT molecular complexity index is 1860. The van der Waals surface area contributed by atoms with Gasteiger partial charge in [0.25, 0.3) is 0 Å². The van der Waals surface area contributed by atoms with Crippen LogP contribution in [-0.4, -0.2) is 0 Å². The lowest BCUT2D eigenvalue weighted by molar-refractivity contribution is 0.965. The predicted octanol–water partition coefficient (Wildman–Crippen LogP) is 10.5. The van der Waals surface area contributed by atoms with E-state index in [0.717, 1.165) is 67.3 Å². The van der Waals surface area contributed by atoms with Crippen molar-refractivity contribution >= 4 is 22.7 Å². The lowest BCUT2D eigenvalue weighted by atomic mass is 9.81. The van der Waals surface area contributed by atoms with Crippen LogP contribution in [0.3, 0.4) is 0 Å². The maximum Gasteiger partial charge on any atom is 0.0373 e. The summed E-state index contributed by atoms with van der Waals surface area (Å²) < 4.78 is 0. The average molecular weight is 659 g/mol. The van der Waals surface area contributed by atoms with Crippen molar-refractivity contribution in [2.45, 2.75) is 67.2 Å². The third-order valence-electron chi connectivity index (χ3n) is 10.6. The van der Waals surface area contributed by atoms with Gasteiger partial charge in [-0.25, -0.2) is 0 Å². The first-order valence-corrected chi connectivity index (χ1v) is 17.4. The smallest absolute Gasteiger partial charge is 0.0373 e. The van der Waals surface area contributed by atoms with E-state index in [1.807, 2.05) is 0 Å². The Morgan fingerprint density at radius 3 is 0.640 bits per heavy atom. The van der Waals surface area contributed by atoms with Crippen LogP contribution in [0.25, 0.3) is 11.1 Å². The van der Waals surface area contributed by atoms with Crippen LogP contribution in [0.2, 0.25) is 0 Å². The summed E-state index contributed by atoms with van der Waals surface area (Å²) in [4.78, 5) is 0. The molecule has 254 valence electrons. The maximum absolute atomic E-state index is 6.39. The fraction of sp³-hybridized carbons (Fsp3) is 0.217. The predicted molar refractivity (Wildman–Crippen MR) is 215 cm³/mol. The van der Waals surface area contributed by atoms with Crippen LogP contribution in [0.4, 0.5) is 22.7 Å². The average Bonchev–Trinajstić information content (AvgIpc) is 3.08. The van der Waals surface area contributed by atoms with Crippen LogP contribution in [0, 0.1) is 55.4 Å². The highest BCUT2D eigenvalue weighted by molar-refractivity contribution is 5.67. The second-order valence-corrected chi connectivity index (χ2v) is 14.4. The number of nitrogen functional groups attached to an aromatic ring is 4. The second-order valence-electron chi connectivity index (χ2n) is 14.4. The molecule has 0 radical (unpaired) electrons. The van der Waals surface area contributed by atoms with Crippen LogP contribution >= 0.6 is 0 Å². The van der Waals surface area contributed by atoms with Crippen molar-refractivity contribution in [1.29, 1.82) is 0 Å². The Balaban J connectivity index is 1.40. The van der Waals surface area contributed by atoms with Crippen molar-refractivity contribution in [3.63, 3.8) is 0 Å². The normalized spacial score (nSPS) is 11.5. The zero-order valence-electron chi connectivity index (χ0n) is 30.7. The number of aryl methyl sites for hydroxylation is 8. The molecule has 0 spiro atoms. The fourth-order valence-corrected chi connectivity index (χ4v) is 7.59. The first-order valence-electron chi connectivity index (χ1n) is 17.4. The fourth-order valence-electron chi connectivity index (χ4n) is 7.59. The maximum atomic E-state index is 6.39. The summed E-state index contributed by atoms with van der Waals surface area (Å²) in [7, 11) is 0. The molecule has 6 aromatic carbocycles. The molecule has 0 amide bonds. The van der Waals surface area contributed by atoms with Gasteiger partial charge in [0.15, 0.2) is 0 Å². The van der Waals surface area contributed by atoms with Crippen LogP contribution in [0.5, 0.6) is 0 Å². The number of benzene rings is 6. The zero-order valence-corrected chi connectivity index (χ0v) is 30.7. The van der Waals surface area contributed by atoms with Crippen LogP contribution < -0.4 is 22.9 Å². The Morgan fingerprint density at radius 1 is 0.280 bits per heavy atom. The quantitative estimate of drug-likeness (QED) is 0.101. The van der Waals surface area contributed by atoms with E-state index >= 15 is 0 Å². The molecule has 0 aliphatic rings. The lowest BCUT2D eigenvalue weighted by Gasteiger charge is -2.23. The number of hydrogen-bond acceptors (Lipinski definition) is 4. The van der Waals surface area contributed by atoms with Gasteiger partial charge in [-0.05, 0) is 144 Å². The van der Waals surface area contributed by atoms with Crippen LogP contribution in [0.1, 0.15) is 89.7 Å². The highest BCUT2D eigenvalue weighted by atomic mass is 14.6. The van der Waals surface area contributed by atoms with Gasteiger partial charge >= 0.3 is 0 Å². The molecule has 0 atom stereocenters. The Labute approximate surface area is 298 Å². The number of anilines is 4. The third kappa shape index (κ3) is 6.46. The summed E-state index contributed by atoms with van der Waals surface area (Å²) in [5.74, 6) is 0.0867. The van der Waals surface area contributed by atoms with Gasteiger partial charge < -0.3 is 22.9 Å². The van der Waals surface area contributed by atoms with Gasteiger partial charge in [-0.3, -0.25) is 0 Å². The Morgan fingerprint density at radius 2 is 0.460 bits per heavy atom. The first kappa shape index (κ1) is 34.4.